The highest BCUT2D eigenvalue weighted by Gasteiger charge is 2.16. The Labute approximate surface area is 125 Å². The lowest BCUT2D eigenvalue weighted by molar-refractivity contribution is 0.0689. The van der Waals surface area contributed by atoms with Crippen molar-refractivity contribution < 1.29 is 14.6 Å². The molecule has 108 valence electrons. The lowest BCUT2D eigenvalue weighted by atomic mass is 10.1. The molecule has 1 aromatic carbocycles. The molecule has 0 unspecified atom stereocenters. The molecule has 2 heterocycles. The molecule has 0 saturated carbocycles. The van der Waals surface area contributed by atoms with Crippen molar-refractivity contribution in [3.63, 3.8) is 0 Å². The first-order valence-electron chi connectivity index (χ1n) is 6.62. The third kappa shape index (κ3) is 2.50. The predicted molar refractivity (Wildman–Crippen MR) is 81.3 cm³/mol. The second-order valence-electron chi connectivity index (χ2n) is 4.56. The molecule has 0 aliphatic carbocycles. The van der Waals surface area contributed by atoms with Crippen molar-refractivity contribution in [1.29, 1.82) is 0 Å². The fourth-order valence-corrected chi connectivity index (χ4v) is 2.98. The molecule has 0 radical (unpaired) electrons. The number of aromatic carboxylic acids is 1. The Hall–Kier alpha value is -2.34. The maximum atomic E-state index is 11.3. The molecule has 0 saturated heterocycles. The van der Waals surface area contributed by atoms with E-state index in [1.165, 1.54) is 17.5 Å². The van der Waals surface area contributed by atoms with E-state index in [4.69, 9.17) is 4.74 Å². The minimum Gasteiger partial charge on any atom is -0.494 e. The zero-order valence-electron chi connectivity index (χ0n) is 11.4. The van der Waals surface area contributed by atoms with Crippen LogP contribution in [0.4, 0.5) is 0 Å². The maximum Gasteiger partial charge on any atom is 0.354 e. The van der Waals surface area contributed by atoms with Crippen molar-refractivity contribution in [2.24, 2.45) is 0 Å². The molecule has 0 atom stereocenters. The van der Waals surface area contributed by atoms with Crippen LogP contribution in [0.1, 0.15) is 23.8 Å². The Kier molecular flexibility index (Phi) is 3.62. The van der Waals surface area contributed by atoms with Crippen molar-refractivity contribution in [3.05, 3.63) is 41.5 Å². The number of rotatable bonds is 5. The monoisotopic (exact) mass is 302 g/mol. The second-order valence-corrected chi connectivity index (χ2v) is 5.40. The molecule has 1 N–H and O–H groups in total. The fourth-order valence-electron chi connectivity index (χ4n) is 2.10. The number of thiazole rings is 1. The highest BCUT2D eigenvalue weighted by atomic mass is 32.1. The minimum atomic E-state index is -0.981. The van der Waals surface area contributed by atoms with Gasteiger partial charge in [-0.15, -0.1) is 11.3 Å². The molecule has 0 aliphatic rings. The molecule has 3 aromatic rings. The minimum absolute atomic E-state index is 0.174. The summed E-state index contributed by atoms with van der Waals surface area (Å²) in [6.07, 6.45) is 2.35. The van der Waals surface area contributed by atoms with E-state index >= 15 is 0 Å². The smallest absolute Gasteiger partial charge is 0.354 e. The number of fused-ring (bicyclic) bond motifs is 1. The Balaban J connectivity index is 2.00. The maximum absolute atomic E-state index is 11.3. The van der Waals surface area contributed by atoms with Crippen LogP contribution in [0.2, 0.25) is 0 Å². The van der Waals surface area contributed by atoms with Crippen LogP contribution in [-0.4, -0.2) is 27.1 Å². The molecule has 21 heavy (non-hydrogen) atoms. The quantitative estimate of drug-likeness (QED) is 0.783. The molecular formula is C15H14N2O3S. The van der Waals surface area contributed by atoms with E-state index in [2.05, 4.69) is 11.9 Å². The van der Waals surface area contributed by atoms with E-state index in [0.29, 0.717) is 11.6 Å². The highest BCUT2D eigenvalue weighted by Crippen LogP contribution is 2.28. The average molecular weight is 302 g/mol. The largest absolute Gasteiger partial charge is 0.494 e. The van der Waals surface area contributed by atoms with Gasteiger partial charge in [0.2, 0.25) is 0 Å². The molecule has 0 amide bonds. The van der Waals surface area contributed by atoms with Gasteiger partial charge in [-0.1, -0.05) is 6.92 Å². The number of hydrogen-bond acceptors (Lipinski definition) is 4. The van der Waals surface area contributed by atoms with Crippen LogP contribution >= 0.6 is 11.3 Å². The number of carbonyl (C=O) groups is 1. The van der Waals surface area contributed by atoms with Crippen LogP contribution < -0.4 is 4.74 Å². The molecular weight excluding hydrogens is 288 g/mol. The summed E-state index contributed by atoms with van der Waals surface area (Å²) in [5.74, 6) is -0.166. The van der Waals surface area contributed by atoms with Crippen molar-refractivity contribution in [3.8, 4) is 17.0 Å². The summed E-state index contributed by atoms with van der Waals surface area (Å²) in [7, 11) is 0. The number of aromatic nitrogens is 2. The number of ether oxygens (including phenoxy) is 1. The van der Waals surface area contributed by atoms with Crippen molar-refractivity contribution in [2.75, 3.05) is 6.61 Å². The fraction of sp³-hybridized carbons (Fsp3) is 0.200. The molecule has 5 nitrogen and oxygen atoms in total. The summed E-state index contributed by atoms with van der Waals surface area (Å²) in [4.78, 5) is 16.0. The summed E-state index contributed by atoms with van der Waals surface area (Å²) < 4.78 is 7.21. The van der Waals surface area contributed by atoms with Gasteiger partial charge < -0.3 is 9.84 Å². The highest BCUT2D eigenvalue weighted by molar-refractivity contribution is 7.15. The standard InChI is InChI=1S/C15H14N2O3S/c1-2-7-20-11-5-3-10(4-6-11)13-9-21-15-16-8-12(14(18)19)17(13)15/h3-6,8-9H,2,7H2,1H3,(H,18,19). The first kappa shape index (κ1) is 13.6. The second kappa shape index (κ2) is 5.57. The van der Waals surface area contributed by atoms with Gasteiger partial charge in [-0.05, 0) is 36.2 Å². The molecule has 6 heteroatoms. The Bertz CT molecular complexity index is 774. The van der Waals surface area contributed by atoms with E-state index in [1.807, 2.05) is 29.6 Å². The van der Waals surface area contributed by atoms with E-state index in [1.54, 1.807) is 4.40 Å². The van der Waals surface area contributed by atoms with Gasteiger partial charge in [-0.2, -0.15) is 0 Å². The first-order valence-corrected chi connectivity index (χ1v) is 7.50. The van der Waals surface area contributed by atoms with Gasteiger partial charge in [0, 0.05) is 5.38 Å². The molecule has 0 bridgehead atoms. The van der Waals surface area contributed by atoms with Gasteiger partial charge in [0.15, 0.2) is 10.7 Å². The van der Waals surface area contributed by atoms with Gasteiger partial charge in [0.05, 0.1) is 18.5 Å². The van der Waals surface area contributed by atoms with Gasteiger partial charge in [0.25, 0.3) is 0 Å². The third-order valence-corrected chi connectivity index (χ3v) is 3.93. The summed E-state index contributed by atoms with van der Waals surface area (Å²) in [6.45, 7) is 2.75. The predicted octanol–water partition coefficient (Wildman–Crippen LogP) is 3.55. The molecule has 3 rings (SSSR count). The van der Waals surface area contributed by atoms with Crippen LogP contribution in [0.15, 0.2) is 35.8 Å². The van der Waals surface area contributed by atoms with Gasteiger partial charge in [0.1, 0.15) is 5.75 Å². The van der Waals surface area contributed by atoms with Crippen LogP contribution in [-0.2, 0) is 0 Å². The SMILES string of the molecule is CCCOc1ccc(-c2csc3ncc(C(=O)O)n23)cc1. The lowest BCUT2D eigenvalue weighted by Crippen LogP contribution is -2.01. The van der Waals surface area contributed by atoms with Crippen molar-refractivity contribution in [2.45, 2.75) is 13.3 Å². The van der Waals surface area contributed by atoms with E-state index in [0.717, 1.165) is 23.4 Å². The van der Waals surface area contributed by atoms with Crippen molar-refractivity contribution >= 4 is 22.3 Å². The molecule has 2 aromatic heterocycles. The molecule has 0 spiro atoms. The number of hydrogen-bond donors (Lipinski definition) is 1. The number of nitrogens with zero attached hydrogens (tertiary/aromatic N) is 2. The van der Waals surface area contributed by atoms with E-state index < -0.39 is 5.97 Å². The van der Waals surface area contributed by atoms with Crippen LogP contribution in [0.3, 0.4) is 0 Å². The summed E-state index contributed by atoms with van der Waals surface area (Å²) in [5.41, 5.74) is 1.94. The summed E-state index contributed by atoms with van der Waals surface area (Å²) >= 11 is 1.42. The first-order chi connectivity index (χ1) is 10.2. The van der Waals surface area contributed by atoms with Gasteiger partial charge in [-0.25, -0.2) is 9.78 Å². The number of imidazole rings is 1. The third-order valence-electron chi connectivity index (χ3n) is 3.09. The summed E-state index contributed by atoms with van der Waals surface area (Å²) in [5, 5.41) is 11.1. The Morgan fingerprint density at radius 2 is 2.14 bits per heavy atom. The van der Waals surface area contributed by atoms with E-state index in [9.17, 15) is 9.90 Å². The Morgan fingerprint density at radius 1 is 1.38 bits per heavy atom. The zero-order valence-corrected chi connectivity index (χ0v) is 12.3. The normalized spacial score (nSPS) is 10.9. The Morgan fingerprint density at radius 3 is 2.81 bits per heavy atom. The topological polar surface area (TPSA) is 63.8 Å². The molecule has 0 fully saturated rings. The summed E-state index contributed by atoms with van der Waals surface area (Å²) in [6, 6.07) is 7.65. The lowest BCUT2D eigenvalue weighted by Gasteiger charge is -2.06. The number of carboxylic acids is 1. The van der Waals surface area contributed by atoms with Crippen LogP contribution in [0.5, 0.6) is 5.75 Å². The zero-order chi connectivity index (χ0) is 14.8. The van der Waals surface area contributed by atoms with Gasteiger partial charge in [-0.3, -0.25) is 4.40 Å². The van der Waals surface area contributed by atoms with Crippen molar-refractivity contribution in [1.82, 2.24) is 9.38 Å². The van der Waals surface area contributed by atoms with Crippen LogP contribution in [0, 0.1) is 0 Å². The van der Waals surface area contributed by atoms with Crippen LogP contribution in [0.25, 0.3) is 16.2 Å². The average Bonchev–Trinajstić information content (AvgIpc) is 3.07. The van der Waals surface area contributed by atoms with Gasteiger partial charge >= 0.3 is 5.97 Å². The number of carboxylic acid groups (broad SMARTS) is 1. The molecule has 0 aliphatic heterocycles. The number of benzene rings is 1. The van der Waals surface area contributed by atoms with E-state index in [-0.39, 0.29) is 5.69 Å².